The van der Waals surface area contributed by atoms with Gasteiger partial charge in [0.05, 0.1) is 10.2 Å². The van der Waals surface area contributed by atoms with Crippen LogP contribution >= 0.6 is 23.5 Å². The molecule has 0 spiro atoms. The van der Waals surface area contributed by atoms with E-state index < -0.39 is 6.10 Å². The number of hydrogen-bond acceptors (Lipinski definition) is 6. The number of aromatic hydroxyl groups is 2. The van der Waals surface area contributed by atoms with Crippen molar-refractivity contribution in [3.05, 3.63) is 59.7 Å². The van der Waals surface area contributed by atoms with E-state index in [-0.39, 0.29) is 27.8 Å². The summed E-state index contributed by atoms with van der Waals surface area (Å²) in [6.45, 7) is 0. The molecule has 4 nitrogen and oxygen atoms in total. The first-order chi connectivity index (χ1) is 14.4. The van der Waals surface area contributed by atoms with E-state index in [1.807, 2.05) is 47.8 Å². The third-order valence-corrected chi connectivity index (χ3v) is 8.88. The highest BCUT2D eigenvalue weighted by Crippen LogP contribution is 2.49. The van der Waals surface area contributed by atoms with Crippen LogP contribution in [0.5, 0.6) is 11.5 Å². The molecule has 2 aromatic rings. The van der Waals surface area contributed by atoms with E-state index in [2.05, 4.69) is 0 Å². The van der Waals surface area contributed by atoms with Crippen molar-refractivity contribution in [1.82, 2.24) is 0 Å². The van der Waals surface area contributed by atoms with Crippen LogP contribution in [0.15, 0.2) is 48.5 Å². The number of carbonyl (C=O) groups excluding carboxylic acids is 1. The number of carbonyl (C=O) groups is 1. The lowest BCUT2D eigenvalue weighted by atomic mass is 9.99. The van der Waals surface area contributed by atoms with Gasteiger partial charge in [-0.1, -0.05) is 24.3 Å². The van der Waals surface area contributed by atoms with Crippen molar-refractivity contribution in [2.75, 3.05) is 11.5 Å². The molecule has 0 amide bonds. The van der Waals surface area contributed by atoms with Crippen LogP contribution in [-0.2, 0) is 17.6 Å². The summed E-state index contributed by atoms with van der Waals surface area (Å²) in [5, 5.41) is 29.5. The molecule has 3 N–H and O–H groups in total. The molecule has 0 aromatic heterocycles. The Balaban J connectivity index is 1.51. The average molecular weight is 447 g/mol. The number of aliphatic hydroxyl groups is 1. The maximum absolute atomic E-state index is 12.4. The second-order valence-corrected chi connectivity index (χ2v) is 11.1. The Morgan fingerprint density at radius 1 is 0.900 bits per heavy atom. The Morgan fingerprint density at radius 2 is 1.43 bits per heavy atom. The fourth-order valence-corrected chi connectivity index (χ4v) is 7.17. The molecule has 0 bridgehead atoms. The molecule has 1 fully saturated rings. The van der Waals surface area contributed by atoms with E-state index >= 15 is 0 Å². The number of hydrogen-bond donors (Lipinski definition) is 3. The minimum atomic E-state index is -0.629. The Morgan fingerprint density at radius 3 is 2.00 bits per heavy atom. The standard InChI is InChI=1S/C24H30O4S2/c25-20-7-2-18(3-8-20)6-11-22(27)16-23(28)17-24(29-14-1-15-30-24)13-12-19-4-9-21(26)10-5-19/h2-5,7-10,23,25-26,28H,1,6,11-17H2/t23-/m0/s1. The van der Waals surface area contributed by atoms with Gasteiger partial charge in [-0.2, -0.15) is 0 Å². The zero-order valence-electron chi connectivity index (χ0n) is 17.1. The summed E-state index contributed by atoms with van der Waals surface area (Å²) in [6, 6.07) is 14.2. The van der Waals surface area contributed by atoms with Crippen LogP contribution in [0.25, 0.3) is 0 Å². The Bertz CT molecular complexity index is 799. The molecule has 2 aromatic carbocycles. The van der Waals surface area contributed by atoms with Crippen LogP contribution in [0.2, 0.25) is 0 Å². The minimum Gasteiger partial charge on any atom is -0.508 e. The maximum atomic E-state index is 12.4. The lowest BCUT2D eigenvalue weighted by Gasteiger charge is -2.37. The van der Waals surface area contributed by atoms with E-state index in [0.717, 1.165) is 29.9 Å². The molecule has 3 rings (SSSR count). The fourth-order valence-electron chi connectivity index (χ4n) is 3.72. The number of aryl methyl sites for hydroxylation is 2. The van der Waals surface area contributed by atoms with E-state index in [4.69, 9.17) is 0 Å². The monoisotopic (exact) mass is 446 g/mol. The van der Waals surface area contributed by atoms with E-state index in [1.54, 1.807) is 24.3 Å². The maximum Gasteiger partial charge on any atom is 0.135 e. The van der Waals surface area contributed by atoms with Crippen molar-refractivity contribution in [3.8, 4) is 11.5 Å². The molecule has 1 atom stereocenters. The predicted molar refractivity (Wildman–Crippen MR) is 125 cm³/mol. The van der Waals surface area contributed by atoms with E-state index in [0.29, 0.717) is 19.3 Å². The number of phenols is 2. The summed E-state index contributed by atoms with van der Waals surface area (Å²) >= 11 is 3.84. The quantitative estimate of drug-likeness (QED) is 0.480. The van der Waals surface area contributed by atoms with Crippen LogP contribution in [0, 0.1) is 0 Å². The molecule has 1 aliphatic rings. The van der Waals surface area contributed by atoms with Crippen molar-refractivity contribution < 1.29 is 20.1 Å². The molecule has 162 valence electrons. The van der Waals surface area contributed by atoms with Crippen LogP contribution in [-0.4, -0.2) is 42.8 Å². The van der Waals surface area contributed by atoms with Gasteiger partial charge in [-0.15, -0.1) is 23.5 Å². The number of Topliss-reactive ketones (excluding diaryl/α,β-unsaturated/α-hetero) is 1. The summed E-state index contributed by atoms with van der Waals surface area (Å²) in [7, 11) is 0. The predicted octanol–water partition coefficient (Wildman–Crippen LogP) is 4.94. The fraction of sp³-hybridized carbons (Fsp3) is 0.458. The number of thioether (sulfide) groups is 2. The molecule has 0 saturated carbocycles. The average Bonchev–Trinajstić information content (AvgIpc) is 2.73. The molecule has 30 heavy (non-hydrogen) atoms. The Kier molecular flexibility index (Phi) is 8.54. The molecular weight excluding hydrogens is 416 g/mol. The smallest absolute Gasteiger partial charge is 0.135 e. The van der Waals surface area contributed by atoms with Gasteiger partial charge in [-0.3, -0.25) is 4.79 Å². The summed E-state index contributed by atoms with van der Waals surface area (Å²) in [4.78, 5) is 12.4. The van der Waals surface area contributed by atoms with Gasteiger partial charge in [0.15, 0.2) is 0 Å². The van der Waals surface area contributed by atoms with Gasteiger partial charge in [0.2, 0.25) is 0 Å². The van der Waals surface area contributed by atoms with Crippen LogP contribution in [0.1, 0.15) is 43.2 Å². The number of benzene rings is 2. The molecule has 0 radical (unpaired) electrons. The van der Waals surface area contributed by atoms with Gasteiger partial charge in [-0.25, -0.2) is 0 Å². The molecule has 1 heterocycles. The van der Waals surface area contributed by atoms with E-state index in [9.17, 15) is 20.1 Å². The lowest BCUT2D eigenvalue weighted by Crippen LogP contribution is -2.32. The van der Waals surface area contributed by atoms with Gasteiger partial charge >= 0.3 is 0 Å². The first-order valence-electron chi connectivity index (χ1n) is 10.5. The van der Waals surface area contributed by atoms with Crippen LogP contribution in [0.4, 0.5) is 0 Å². The first-order valence-corrected chi connectivity index (χ1v) is 12.4. The van der Waals surface area contributed by atoms with E-state index in [1.165, 1.54) is 12.0 Å². The Hall–Kier alpha value is -1.63. The van der Waals surface area contributed by atoms with Gasteiger partial charge in [-0.05, 0) is 79.0 Å². The number of phenolic OH excluding ortho intramolecular Hbond substituents is 2. The highest BCUT2D eigenvalue weighted by Gasteiger charge is 2.36. The third kappa shape index (κ3) is 7.25. The molecule has 0 unspecified atom stereocenters. The second-order valence-electron chi connectivity index (χ2n) is 7.89. The SMILES string of the molecule is O=C(CCc1ccc(O)cc1)C[C@H](O)CC1(CCc2ccc(O)cc2)SCCCS1. The molecule has 6 heteroatoms. The number of ketones is 1. The molecular formula is C24H30O4S2. The van der Waals surface area contributed by atoms with Crippen molar-refractivity contribution in [2.24, 2.45) is 0 Å². The number of aliphatic hydroxyl groups excluding tert-OH is 1. The summed E-state index contributed by atoms with van der Waals surface area (Å²) in [6.07, 6.45) is 4.22. The van der Waals surface area contributed by atoms with Crippen molar-refractivity contribution in [2.45, 2.75) is 55.1 Å². The van der Waals surface area contributed by atoms with Crippen molar-refractivity contribution >= 4 is 29.3 Å². The van der Waals surface area contributed by atoms with Crippen LogP contribution < -0.4 is 0 Å². The summed E-state index contributed by atoms with van der Waals surface area (Å²) in [5.74, 6) is 2.75. The minimum absolute atomic E-state index is 0.0627. The Labute approximate surface area is 187 Å². The molecule has 1 saturated heterocycles. The van der Waals surface area contributed by atoms with Crippen LogP contribution in [0.3, 0.4) is 0 Å². The summed E-state index contributed by atoms with van der Waals surface area (Å²) in [5.41, 5.74) is 2.19. The highest BCUT2D eigenvalue weighted by molar-refractivity contribution is 8.18. The zero-order valence-corrected chi connectivity index (χ0v) is 18.8. The molecule has 0 aliphatic carbocycles. The highest BCUT2D eigenvalue weighted by atomic mass is 32.2. The van der Waals surface area contributed by atoms with Gasteiger partial charge in [0.25, 0.3) is 0 Å². The first kappa shape index (κ1) is 23.0. The second kappa shape index (κ2) is 11.1. The summed E-state index contributed by atoms with van der Waals surface area (Å²) < 4.78 is -0.0627. The molecule has 1 aliphatic heterocycles. The van der Waals surface area contributed by atoms with Gasteiger partial charge in [0.1, 0.15) is 17.3 Å². The van der Waals surface area contributed by atoms with Gasteiger partial charge in [0, 0.05) is 12.8 Å². The van der Waals surface area contributed by atoms with Crippen molar-refractivity contribution in [1.29, 1.82) is 0 Å². The number of rotatable bonds is 10. The van der Waals surface area contributed by atoms with Crippen molar-refractivity contribution in [3.63, 3.8) is 0 Å². The largest absolute Gasteiger partial charge is 0.508 e. The lowest BCUT2D eigenvalue weighted by molar-refractivity contribution is -0.121. The normalized spacial score (nSPS) is 16.8. The zero-order chi connectivity index (χ0) is 21.4. The van der Waals surface area contributed by atoms with Gasteiger partial charge < -0.3 is 15.3 Å². The topological polar surface area (TPSA) is 77.8 Å². The third-order valence-electron chi connectivity index (χ3n) is 5.39.